The van der Waals surface area contributed by atoms with E-state index in [1.807, 2.05) is 0 Å². The van der Waals surface area contributed by atoms with Gasteiger partial charge in [0.15, 0.2) is 0 Å². The molecule has 1 saturated heterocycles. The summed E-state index contributed by atoms with van der Waals surface area (Å²) in [6.45, 7) is 1.44. The number of hydrogen-bond acceptors (Lipinski definition) is 2. The van der Waals surface area contributed by atoms with Crippen LogP contribution in [0.25, 0.3) is 0 Å². The Labute approximate surface area is 125 Å². The lowest BCUT2D eigenvalue weighted by Crippen LogP contribution is -2.49. The summed E-state index contributed by atoms with van der Waals surface area (Å²) in [6, 6.07) is 1.21. The molecule has 0 aromatic heterocycles. The molecule has 0 aliphatic carbocycles. The van der Waals surface area contributed by atoms with Gasteiger partial charge in [-0.25, -0.2) is 4.39 Å². The van der Waals surface area contributed by atoms with Crippen molar-refractivity contribution < 1.29 is 17.6 Å². The third-order valence-corrected chi connectivity index (χ3v) is 3.42. The highest BCUT2D eigenvalue weighted by atomic mass is 35.5. The van der Waals surface area contributed by atoms with Crippen molar-refractivity contribution in [1.29, 1.82) is 0 Å². The molecule has 8 heteroatoms. The molecule has 0 spiro atoms. The van der Waals surface area contributed by atoms with Gasteiger partial charge in [-0.05, 0) is 23.8 Å². The topological polar surface area (TPSA) is 15.3 Å². The lowest BCUT2D eigenvalue weighted by atomic mass is 10.0. The molecule has 1 fully saturated rings. The lowest BCUT2D eigenvalue weighted by molar-refractivity contribution is -0.187. The first-order valence-electron chi connectivity index (χ1n) is 5.86. The number of piperazine rings is 1. The van der Waals surface area contributed by atoms with Crippen LogP contribution in [0.3, 0.4) is 0 Å². The fourth-order valence-electron chi connectivity index (χ4n) is 2.24. The van der Waals surface area contributed by atoms with Crippen molar-refractivity contribution in [1.82, 2.24) is 10.2 Å². The maximum atomic E-state index is 13.3. The van der Waals surface area contributed by atoms with Crippen LogP contribution in [0.5, 0.6) is 0 Å². The van der Waals surface area contributed by atoms with Crippen molar-refractivity contribution in [3.05, 3.63) is 34.6 Å². The van der Waals surface area contributed by atoms with E-state index in [1.54, 1.807) is 0 Å². The van der Waals surface area contributed by atoms with E-state index in [0.717, 1.165) is 18.2 Å². The summed E-state index contributed by atoms with van der Waals surface area (Å²) in [4.78, 5) is 1.27. The summed E-state index contributed by atoms with van der Waals surface area (Å²) in [7, 11) is 0. The van der Waals surface area contributed by atoms with Gasteiger partial charge < -0.3 is 5.32 Å². The minimum Gasteiger partial charge on any atom is -0.314 e. The van der Waals surface area contributed by atoms with Crippen LogP contribution < -0.4 is 5.32 Å². The van der Waals surface area contributed by atoms with Crippen molar-refractivity contribution in [2.45, 2.75) is 12.2 Å². The fraction of sp³-hybridized carbons (Fsp3) is 0.500. The summed E-state index contributed by atoms with van der Waals surface area (Å²) in [5.74, 6) is -0.719. The zero-order valence-electron chi connectivity index (χ0n) is 10.4. The quantitative estimate of drug-likeness (QED) is 0.835. The van der Waals surface area contributed by atoms with Gasteiger partial charge in [0, 0.05) is 31.2 Å². The number of halogens is 6. The average Bonchev–Trinajstić information content (AvgIpc) is 2.33. The van der Waals surface area contributed by atoms with Crippen LogP contribution in [-0.4, -0.2) is 37.3 Å². The average molecular weight is 333 g/mol. The first kappa shape index (κ1) is 17.5. The molecule has 0 radical (unpaired) electrons. The van der Waals surface area contributed by atoms with Gasteiger partial charge in [-0.2, -0.15) is 13.2 Å². The predicted molar refractivity (Wildman–Crippen MR) is 71.9 cm³/mol. The lowest BCUT2D eigenvalue weighted by Gasteiger charge is -2.36. The third kappa shape index (κ3) is 3.97. The Morgan fingerprint density at radius 1 is 1.20 bits per heavy atom. The minimum absolute atomic E-state index is 0. The number of nitrogens with zero attached hydrogens (tertiary/aromatic N) is 1. The summed E-state index contributed by atoms with van der Waals surface area (Å²) in [6.07, 6.45) is -4.49. The molecule has 0 amide bonds. The normalized spacial score (nSPS) is 18.4. The van der Waals surface area contributed by atoms with E-state index in [4.69, 9.17) is 11.6 Å². The molecule has 1 aliphatic rings. The first-order chi connectivity index (χ1) is 8.89. The van der Waals surface area contributed by atoms with Crippen molar-refractivity contribution in [2.75, 3.05) is 26.2 Å². The number of hydrogen-bond donors (Lipinski definition) is 1. The van der Waals surface area contributed by atoms with Crippen LogP contribution in [-0.2, 0) is 0 Å². The minimum atomic E-state index is -4.49. The Bertz CT molecular complexity index is 448. The Morgan fingerprint density at radius 2 is 1.80 bits per heavy atom. The zero-order valence-corrected chi connectivity index (χ0v) is 12.0. The Hall–Kier alpha value is -0.560. The van der Waals surface area contributed by atoms with Crippen molar-refractivity contribution in [3.8, 4) is 0 Å². The molecule has 20 heavy (non-hydrogen) atoms. The van der Waals surface area contributed by atoms with Gasteiger partial charge in [-0.3, -0.25) is 4.90 Å². The third-order valence-electron chi connectivity index (χ3n) is 3.08. The van der Waals surface area contributed by atoms with Crippen molar-refractivity contribution >= 4 is 24.0 Å². The largest absolute Gasteiger partial charge is 0.408 e. The molecule has 1 aromatic rings. The van der Waals surface area contributed by atoms with E-state index in [-0.39, 0.29) is 36.1 Å². The molecule has 1 heterocycles. The highest BCUT2D eigenvalue weighted by molar-refractivity contribution is 6.31. The van der Waals surface area contributed by atoms with Gasteiger partial charge in [0.05, 0.1) is 0 Å². The summed E-state index contributed by atoms with van der Waals surface area (Å²) in [5.41, 5.74) is -0.226. The molecule has 1 aliphatic heterocycles. The van der Waals surface area contributed by atoms with E-state index in [1.165, 1.54) is 4.90 Å². The van der Waals surface area contributed by atoms with E-state index < -0.39 is 18.0 Å². The predicted octanol–water partition coefficient (Wildman–Crippen LogP) is 3.41. The molecule has 114 valence electrons. The number of benzene rings is 1. The van der Waals surface area contributed by atoms with Gasteiger partial charge in [0.1, 0.15) is 11.9 Å². The van der Waals surface area contributed by atoms with Gasteiger partial charge in [-0.15, -0.1) is 12.4 Å². The molecular formula is C12H14Cl2F4N2. The summed E-state index contributed by atoms with van der Waals surface area (Å²) >= 11 is 5.81. The smallest absolute Gasteiger partial charge is 0.314 e. The molecule has 1 N–H and O–H groups in total. The van der Waals surface area contributed by atoms with Crippen LogP contribution in [0.2, 0.25) is 5.02 Å². The fourth-order valence-corrected chi connectivity index (χ4v) is 2.47. The first-order valence-corrected chi connectivity index (χ1v) is 6.24. The molecule has 0 saturated carbocycles. The van der Waals surface area contributed by atoms with Crippen LogP contribution >= 0.6 is 24.0 Å². The maximum Gasteiger partial charge on any atom is 0.408 e. The van der Waals surface area contributed by atoms with Crippen LogP contribution in [0.4, 0.5) is 17.6 Å². The van der Waals surface area contributed by atoms with E-state index in [0.29, 0.717) is 13.1 Å². The second-order valence-electron chi connectivity index (χ2n) is 4.40. The van der Waals surface area contributed by atoms with Crippen LogP contribution in [0, 0.1) is 5.82 Å². The monoisotopic (exact) mass is 332 g/mol. The molecule has 0 unspecified atom stereocenters. The van der Waals surface area contributed by atoms with E-state index in [2.05, 4.69) is 5.32 Å². The Balaban J connectivity index is 0.00000200. The maximum absolute atomic E-state index is 13.3. The number of rotatable bonds is 2. The SMILES string of the molecule is Cl.Fc1ccc(Cl)c([C@H](N2CCNCC2)C(F)(F)F)c1. The molecule has 1 atom stereocenters. The molecule has 0 bridgehead atoms. The Morgan fingerprint density at radius 3 is 2.35 bits per heavy atom. The van der Waals surface area contributed by atoms with Crippen molar-refractivity contribution in [3.63, 3.8) is 0 Å². The zero-order chi connectivity index (χ0) is 14.0. The van der Waals surface area contributed by atoms with Gasteiger partial charge in [-0.1, -0.05) is 11.6 Å². The number of alkyl halides is 3. The second kappa shape index (κ2) is 6.93. The van der Waals surface area contributed by atoms with Gasteiger partial charge >= 0.3 is 6.18 Å². The van der Waals surface area contributed by atoms with Crippen LogP contribution in [0.15, 0.2) is 18.2 Å². The van der Waals surface area contributed by atoms with Gasteiger partial charge in [0.25, 0.3) is 0 Å². The standard InChI is InChI=1S/C12H13ClF4N2.ClH/c13-10-2-1-8(14)7-9(10)11(12(15,16)17)19-5-3-18-4-6-19;/h1-2,7,11,18H,3-6H2;1H/t11-;/m0./s1. The highest BCUT2D eigenvalue weighted by Crippen LogP contribution is 2.40. The van der Waals surface area contributed by atoms with Crippen LogP contribution in [0.1, 0.15) is 11.6 Å². The molecule has 1 aromatic carbocycles. The Kier molecular flexibility index (Phi) is 6.06. The summed E-state index contributed by atoms with van der Waals surface area (Å²) < 4.78 is 53.0. The van der Waals surface area contributed by atoms with E-state index >= 15 is 0 Å². The molecule has 2 rings (SSSR count). The van der Waals surface area contributed by atoms with E-state index in [9.17, 15) is 17.6 Å². The molecule has 2 nitrogen and oxygen atoms in total. The second-order valence-corrected chi connectivity index (χ2v) is 4.80. The summed E-state index contributed by atoms with van der Waals surface area (Å²) in [5, 5.41) is 2.92. The molecular weight excluding hydrogens is 319 g/mol. The number of nitrogens with one attached hydrogen (secondary N) is 1. The van der Waals surface area contributed by atoms with Gasteiger partial charge in [0.2, 0.25) is 0 Å². The highest BCUT2D eigenvalue weighted by Gasteiger charge is 2.45. The van der Waals surface area contributed by atoms with Crippen molar-refractivity contribution in [2.24, 2.45) is 0 Å².